The van der Waals surface area contributed by atoms with E-state index in [2.05, 4.69) is 15.3 Å². The van der Waals surface area contributed by atoms with E-state index in [1.807, 2.05) is 54.7 Å². The van der Waals surface area contributed by atoms with Gasteiger partial charge in [0.1, 0.15) is 5.52 Å². The first-order valence-electron chi connectivity index (χ1n) is 6.99. The molecule has 0 saturated carbocycles. The van der Waals surface area contributed by atoms with Crippen LogP contribution in [0.2, 0.25) is 0 Å². The van der Waals surface area contributed by atoms with E-state index in [4.69, 9.17) is 4.42 Å². The summed E-state index contributed by atoms with van der Waals surface area (Å²) < 4.78 is 5.49. The summed E-state index contributed by atoms with van der Waals surface area (Å²) in [4.78, 5) is 19.5. The largest absolute Gasteiger partial charge is 0.423 e. The number of amides is 1. The third-order valence-electron chi connectivity index (χ3n) is 3.52. The number of nitrogens with zero attached hydrogens (tertiary/aromatic N) is 1. The van der Waals surface area contributed by atoms with Gasteiger partial charge in [0.05, 0.1) is 6.42 Å². The number of rotatable bonds is 3. The zero-order valence-corrected chi connectivity index (χ0v) is 11.7. The standard InChI is InChI=1S/C17H13N3O2/c21-16(10-11-5-6-13-12(9-11)7-8-18-13)20-17-19-14-3-1-2-4-15(14)22-17/h1-9,18H,10H2,(H,19,20,21). The molecule has 0 unspecified atom stereocenters. The Balaban J connectivity index is 1.51. The highest BCUT2D eigenvalue weighted by Crippen LogP contribution is 2.19. The molecule has 0 atom stereocenters. The summed E-state index contributed by atoms with van der Waals surface area (Å²) in [5.74, 6) is -0.151. The van der Waals surface area contributed by atoms with Gasteiger partial charge < -0.3 is 9.40 Å². The zero-order valence-electron chi connectivity index (χ0n) is 11.7. The lowest BCUT2D eigenvalue weighted by Crippen LogP contribution is -2.14. The molecule has 0 aliphatic carbocycles. The van der Waals surface area contributed by atoms with Crippen molar-refractivity contribution < 1.29 is 9.21 Å². The predicted octanol–water partition coefficient (Wildman–Crippen LogP) is 3.49. The third-order valence-corrected chi connectivity index (χ3v) is 3.52. The van der Waals surface area contributed by atoms with Crippen molar-refractivity contribution in [3.05, 3.63) is 60.3 Å². The van der Waals surface area contributed by atoms with Crippen molar-refractivity contribution in [2.45, 2.75) is 6.42 Å². The number of H-pyrrole nitrogens is 1. The van der Waals surface area contributed by atoms with Crippen LogP contribution >= 0.6 is 0 Å². The van der Waals surface area contributed by atoms with Gasteiger partial charge in [-0.3, -0.25) is 10.1 Å². The summed E-state index contributed by atoms with van der Waals surface area (Å²) in [5.41, 5.74) is 3.39. The molecule has 22 heavy (non-hydrogen) atoms. The summed E-state index contributed by atoms with van der Waals surface area (Å²) >= 11 is 0. The number of carbonyl (C=O) groups is 1. The molecule has 2 aromatic carbocycles. The van der Waals surface area contributed by atoms with Crippen molar-refractivity contribution in [2.24, 2.45) is 0 Å². The van der Waals surface area contributed by atoms with Gasteiger partial charge in [0.15, 0.2) is 5.58 Å². The lowest BCUT2D eigenvalue weighted by Gasteiger charge is -2.01. The Labute approximate surface area is 126 Å². The Bertz CT molecular complexity index is 929. The van der Waals surface area contributed by atoms with Crippen molar-refractivity contribution in [1.29, 1.82) is 0 Å². The monoisotopic (exact) mass is 291 g/mol. The molecule has 0 fully saturated rings. The smallest absolute Gasteiger partial charge is 0.302 e. The minimum Gasteiger partial charge on any atom is -0.423 e. The molecule has 0 aliphatic heterocycles. The lowest BCUT2D eigenvalue weighted by atomic mass is 10.1. The summed E-state index contributed by atoms with van der Waals surface area (Å²) in [6.45, 7) is 0. The van der Waals surface area contributed by atoms with Gasteiger partial charge in [-0.15, -0.1) is 0 Å². The minimum absolute atomic E-state index is 0.151. The Morgan fingerprint density at radius 3 is 3.00 bits per heavy atom. The van der Waals surface area contributed by atoms with E-state index < -0.39 is 0 Å². The van der Waals surface area contributed by atoms with Crippen LogP contribution in [0.4, 0.5) is 6.01 Å². The maximum Gasteiger partial charge on any atom is 0.302 e. The van der Waals surface area contributed by atoms with Crippen LogP contribution in [0.15, 0.2) is 59.1 Å². The predicted molar refractivity (Wildman–Crippen MR) is 84.6 cm³/mol. The van der Waals surface area contributed by atoms with E-state index >= 15 is 0 Å². The number of aromatic nitrogens is 2. The number of hydrogen-bond donors (Lipinski definition) is 2. The Morgan fingerprint density at radius 2 is 2.09 bits per heavy atom. The van der Waals surface area contributed by atoms with E-state index in [9.17, 15) is 4.79 Å². The number of oxazole rings is 1. The molecule has 2 N–H and O–H groups in total. The molecule has 4 rings (SSSR count). The lowest BCUT2D eigenvalue weighted by molar-refractivity contribution is -0.115. The highest BCUT2D eigenvalue weighted by Gasteiger charge is 2.10. The molecule has 5 heteroatoms. The second kappa shape index (κ2) is 5.04. The second-order valence-electron chi connectivity index (χ2n) is 5.11. The van der Waals surface area contributed by atoms with E-state index in [0.29, 0.717) is 5.58 Å². The molecule has 5 nitrogen and oxygen atoms in total. The quantitative estimate of drug-likeness (QED) is 0.607. The summed E-state index contributed by atoms with van der Waals surface area (Å²) in [6, 6.07) is 15.5. The molecular weight excluding hydrogens is 278 g/mol. The molecule has 0 spiro atoms. The van der Waals surface area contributed by atoms with Crippen LogP contribution in [-0.4, -0.2) is 15.9 Å². The van der Waals surface area contributed by atoms with Crippen LogP contribution in [0.1, 0.15) is 5.56 Å². The number of fused-ring (bicyclic) bond motifs is 2. The molecule has 0 aliphatic rings. The van der Waals surface area contributed by atoms with Crippen molar-refractivity contribution >= 4 is 33.9 Å². The normalized spacial score (nSPS) is 11.1. The number of anilines is 1. The molecule has 4 aromatic rings. The third kappa shape index (κ3) is 2.33. The number of para-hydroxylation sites is 2. The number of carbonyl (C=O) groups excluding carboxylic acids is 1. The fourth-order valence-electron chi connectivity index (χ4n) is 2.49. The van der Waals surface area contributed by atoms with Gasteiger partial charge in [0.25, 0.3) is 0 Å². The fraction of sp³-hybridized carbons (Fsp3) is 0.0588. The van der Waals surface area contributed by atoms with E-state index in [0.717, 1.165) is 22.0 Å². The fourth-order valence-corrected chi connectivity index (χ4v) is 2.49. The highest BCUT2D eigenvalue weighted by molar-refractivity contribution is 5.92. The molecule has 0 bridgehead atoms. The van der Waals surface area contributed by atoms with E-state index in [-0.39, 0.29) is 18.3 Å². The number of nitrogens with one attached hydrogen (secondary N) is 2. The maximum atomic E-state index is 12.1. The van der Waals surface area contributed by atoms with Gasteiger partial charge in [-0.2, -0.15) is 4.98 Å². The molecule has 2 aromatic heterocycles. The van der Waals surface area contributed by atoms with Gasteiger partial charge in [0.2, 0.25) is 5.91 Å². The number of aromatic amines is 1. The summed E-state index contributed by atoms with van der Waals surface area (Å²) in [7, 11) is 0. The van der Waals surface area contributed by atoms with E-state index in [1.54, 1.807) is 0 Å². The zero-order chi connectivity index (χ0) is 14.9. The SMILES string of the molecule is O=C(Cc1ccc2[nH]ccc2c1)Nc1nc2ccccc2o1. The molecule has 0 saturated heterocycles. The second-order valence-corrected chi connectivity index (χ2v) is 5.11. The van der Waals surface area contributed by atoms with Crippen LogP contribution in [0.3, 0.4) is 0 Å². The van der Waals surface area contributed by atoms with Crippen LogP contribution in [0.5, 0.6) is 0 Å². The summed E-state index contributed by atoms with van der Waals surface area (Å²) in [6.07, 6.45) is 2.16. The van der Waals surface area contributed by atoms with Gasteiger partial charge >= 0.3 is 6.01 Å². The van der Waals surface area contributed by atoms with Gasteiger partial charge in [-0.05, 0) is 41.3 Å². The molecule has 108 valence electrons. The van der Waals surface area contributed by atoms with Crippen LogP contribution in [0, 0.1) is 0 Å². The van der Waals surface area contributed by atoms with Gasteiger partial charge in [0, 0.05) is 11.7 Å². The highest BCUT2D eigenvalue weighted by atomic mass is 16.4. The first-order valence-corrected chi connectivity index (χ1v) is 6.99. The summed E-state index contributed by atoms with van der Waals surface area (Å²) in [5, 5.41) is 3.79. The number of hydrogen-bond acceptors (Lipinski definition) is 3. The maximum absolute atomic E-state index is 12.1. The van der Waals surface area contributed by atoms with Crippen molar-refractivity contribution in [2.75, 3.05) is 5.32 Å². The molecule has 2 heterocycles. The average Bonchev–Trinajstić information content (AvgIpc) is 3.11. The van der Waals surface area contributed by atoms with Crippen molar-refractivity contribution in [1.82, 2.24) is 9.97 Å². The van der Waals surface area contributed by atoms with Gasteiger partial charge in [-0.25, -0.2) is 0 Å². The molecule has 1 amide bonds. The van der Waals surface area contributed by atoms with Crippen molar-refractivity contribution in [3.8, 4) is 0 Å². The topological polar surface area (TPSA) is 70.9 Å². The van der Waals surface area contributed by atoms with Crippen LogP contribution in [-0.2, 0) is 11.2 Å². The average molecular weight is 291 g/mol. The van der Waals surface area contributed by atoms with Crippen molar-refractivity contribution in [3.63, 3.8) is 0 Å². The first kappa shape index (κ1) is 12.6. The molecule has 0 radical (unpaired) electrons. The minimum atomic E-state index is -0.151. The Kier molecular flexibility index (Phi) is 2.89. The van der Waals surface area contributed by atoms with Crippen LogP contribution in [0.25, 0.3) is 22.0 Å². The molecular formula is C17H13N3O2. The number of benzene rings is 2. The Hall–Kier alpha value is -3.08. The Morgan fingerprint density at radius 1 is 1.18 bits per heavy atom. The van der Waals surface area contributed by atoms with Gasteiger partial charge in [-0.1, -0.05) is 18.2 Å². The van der Waals surface area contributed by atoms with Crippen LogP contribution < -0.4 is 5.32 Å². The van der Waals surface area contributed by atoms with E-state index in [1.165, 1.54) is 0 Å². The first-order chi connectivity index (χ1) is 10.8.